The number of rotatable bonds is 11. The normalized spacial score (nSPS) is 11.0. The molecule has 0 saturated carbocycles. The van der Waals surface area contributed by atoms with Gasteiger partial charge in [0.15, 0.2) is 0 Å². The standard InChI is InChI=1S/C26H30N2O5S/c1-4-32-23-14-12-22(13-15-23)28(34(30,31)24-8-6-5-7-9-24)19-26(29)27-16-17-33-25-18-20(2)10-11-21(25)3/h5-15,18H,4,16-17,19H2,1-3H3,(H,27,29). The number of hydrogen-bond acceptors (Lipinski definition) is 5. The van der Waals surface area contributed by atoms with Crippen LogP contribution in [0.5, 0.6) is 11.5 Å². The predicted molar refractivity (Wildman–Crippen MR) is 133 cm³/mol. The molecule has 0 heterocycles. The molecule has 0 aliphatic carbocycles. The molecule has 0 aliphatic rings. The van der Waals surface area contributed by atoms with Gasteiger partial charge in [0.05, 0.1) is 23.7 Å². The number of sulfonamides is 1. The highest BCUT2D eigenvalue weighted by Gasteiger charge is 2.27. The summed E-state index contributed by atoms with van der Waals surface area (Å²) in [5.41, 5.74) is 2.46. The summed E-state index contributed by atoms with van der Waals surface area (Å²) in [5.74, 6) is 0.950. The van der Waals surface area contributed by atoms with Gasteiger partial charge in [0.2, 0.25) is 5.91 Å². The first kappa shape index (κ1) is 25.1. The molecule has 1 N–H and O–H groups in total. The molecule has 0 atom stereocenters. The summed E-state index contributed by atoms with van der Waals surface area (Å²) in [6.45, 7) is 6.45. The van der Waals surface area contributed by atoms with Crippen molar-refractivity contribution < 1.29 is 22.7 Å². The van der Waals surface area contributed by atoms with Crippen molar-refractivity contribution in [2.45, 2.75) is 25.7 Å². The van der Waals surface area contributed by atoms with Crippen LogP contribution in [-0.4, -0.2) is 40.6 Å². The summed E-state index contributed by atoms with van der Waals surface area (Å²) in [6, 6.07) is 20.6. The van der Waals surface area contributed by atoms with Crippen LogP contribution in [0.2, 0.25) is 0 Å². The molecule has 0 fully saturated rings. The van der Waals surface area contributed by atoms with Crippen molar-refractivity contribution in [3.05, 3.63) is 83.9 Å². The van der Waals surface area contributed by atoms with Gasteiger partial charge in [0, 0.05) is 0 Å². The van der Waals surface area contributed by atoms with Crippen LogP contribution in [0.25, 0.3) is 0 Å². The monoisotopic (exact) mass is 482 g/mol. The van der Waals surface area contributed by atoms with E-state index in [1.54, 1.807) is 42.5 Å². The topological polar surface area (TPSA) is 84.9 Å². The number of aryl methyl sites for hydroxylation is 2. The Kier molecular flexibility index (Phi) is 8.54. The zero-order valence-electron chi connectivity index (χ0n) is 19.7. The minimum absolute atomic E-state index is 0.106. The number of ether oxygens (including phenoxy) is 2. The lowest BCUT2D eigenvalue weighted by Gasteiger charge is -2.24. The zero-order valence-corrected chi connectivity index (χ0v) is 20.5. The maximum atomic E-state index is 13.4. The Hall–Kier alpha value is -3.52. The van der Waals surface area contributed by atoms with Gasteiger partial charge in [0.1, 0.15) is 24.7 Å². The fourth-order valence-corrected chi connectivity index (χ4v) is 4.75. The SMILES string of the molecule is CCOc1ccc(N(CC(=O)NCCOc2cc(C)ccc2C)S(=O)(=O)c2ccccc2)cc1. The third kappa shape index (κ3) is 6.51. The van der Waals surface area contributed by atoms with Crippen molar-refractivity contribution in [3.8, 4) is 11.5 Å². The van der Waals surface area contributed by atoms with Crippen molar-refractivity contribution in [1.29, 1.82) is 0 Å². The average molecular weight is 483 g/mol. The molecule has 0 aromatic heterocycles. The summed E-state index contributed by atoms with van der Waals surface area (Å²) in [6.07, 6.45) is 0. The molecule has 34 heavy (non-hydrogen) atoms. The fraction of sp³-hybridized carbons (Fsp3) is 0.269. The Balaban J connectivity index is 1.70. The molecule has 0 bridgehead atoms. The summed E-state index contributed by atoms with van der Waals surface area (Å²) >= 11 is 0. The van der Waals surface area contributed by atoms with Crippen LogP contribution in [0.15, 0.2) is 77.7 Å². The molecule has 8 heteroatoms. The molecule has 0 unspecified atom stereocenters. The first-order valence-electron chi connectivity index (χ1n) is 11.1. The third-order valence-corrected chi connectivity index (χ3v) is 6.87. The molecule has 180 valence electrons. The Morgan fingerprint density at radius 3 is 2.32 bits per heavy atom. The maximum Gasteiger partial charge on any atom is 0.264 e. The van der Waals surface area contributed by atoms with E-state index in [-0.39, 0.29) is 24.6 Å². The van der Waals surface area contributed by atoms with E-state index in [0.717, 1.165) is 21.2 Å². The van der Waals surface area contributed by atoms with Gasteiger partial charge in [-0.3, -0.25) is 9.10 Å². The number of benzene rings is 3. The van der Waals surface area contributed by atoms with Crippen LogP contribution in [0.4, 0.5) is 5.69 Å². The number of anilines is 1. The third-order valence-electron chi connectivity index (χ3n) is 5.08. The van der Waals surface area contributed by atoms with Crippen LogP contribution in [0, 0.1) is 13.8 Å². The van der Waals surface area contributed by atoms with Gasteiger partial charge in [-0.1, -0.05) is 30.3 Å². The molecule has 1 amide bonds. The number of carbonyl (C=O) groups is 1. The Morgan fingerprint density at radius 1 is 0.941 bits per heavy atom. The highest BCUT2D eigenvalue weighted by Crippen LogP contribution is 2.26. The molecule has 0 spiro atoms. The minimum Gasteiger partial charge on any atom is -0.494 e. The largest absolute Gasteiger partial charge is 0.494 e. The molecule has 3 rings (SSSR count). The van der Waals surface area contributed by atoms with Gasteiger partial charge in [0.25, 0.3) is 10.0 Å². The van der Waals surface area contributed by atoms with Crippen molar-refractivity contribution in [3.63, 3.8) is 0 Å². The van der Waals surface area contributed by atoms with E-state index in [2.05, 4.69) is 5.32 Å². The lowest BCUT2D eigenvalue weighted by Crippen LogP contribution is -2.41. The van der Waals surface area contributed by atoms with Crippen molar-refractivity contribution >= 4 is 21.6 Å². The van der Waals surface area contributed by atoms with E-state index in [1.807, 2.05) is 39.0 Å². The molecular weight excluding hydrogens is 452 g/mol. The lowest BCUT2D eigenvalue weighted by molar-refractivity contribution is -0.119. The van der Waals surface area contributed by atoms with E-state index in [0.29, 0.717) is 18.0 Å². The molecule has 3 aromatic rings. The highest BCUT2D eigenvalue weighted by atomic mass is 32.2. The van der Waals surface area contributed by atoms with Crippen molar-refractivity contribution in [2.24, 2.45) is 0 Å². The zero-order chi connectivity index (χ0) is 24.6. The Labute approximate surface area is 201 Å². The molecule has 0 saturated heterocycles. The molecular formula is C26H30N2O5S. The molecule has 7 nitrogen and oxygen atoms in total. The van der Waals surface area contributed by atoms with Gasteiger partial charge in [-0.25, -0.2) is 8.42 Å². The van der Waals surface area contributed by atoms with Crippen LogP contribution in [-0.2, 0) is 14.8 Å². The first-order valence-corrected chi connectivity index (χ1v) is 12.5. The molecule has 0 aliphatic heterocycles. The number of nitrogens with one attached hydrogen (secondary N) is 1. The van der Waals surface area contributed by atoms with E-state index in [4.69, 9.17) is 9.47 Å². The summed E-state index contributed by atoms with van der Waals surface area (Å²) in [4.78, 5) is 12.8. The Morgan fingerprint density at radius 2 is 1.65 bits per heavy atom. The fourth-order valence-electron chi connectivity index (χ4n) is 3.31. The molecule has 0 radical (unpaired) electrons. The summed E-state index contributed by atoms with van der Waals surface area (Å²) in [5, 5.41) is 2.75. The van der Waals surface area contributed by atoms with Crippen LogP contribution >= 0.6 is 0 Å². The predicted octanol–water partition coefficient (Wildman–Crippen LogP) is 4.09. The number of nitrogens with zero attached hydrogens (tertiary/aromatic N) is 1. The molecule has 3 aromatic carbocycles. The number of hydrogen-bond donors (Lipinski definition) is 1. The maximum absolute atomic E-state index is 13.4. The van der Waals surface area contributed by atoms with Crippen LogP contribution < -0.4 is 19.1 Å². The van der Waals surface area contributed by atoms with E-state index >= 15 is 0 Å². The van der Waals surface area contributed by atoms with Crippen LogP contribution in [0.1, 0.15) is 18.1 Å². The average Bonchev–Trinajstić information content (AvgIpc) is 2.83. The summed E-state index contributed by atoms with van der Waals surface area (Å²) in [7, 11) is -3.96. The van der Waals surface area contributed by atoms with E-state index in [1.165, 1.54) is 12.1 Å². The second kappa shape index (κ2) is 11.6. The van der Waals surface area contributed by atoms with Gasteiger partial charge < -0.3 is 14.8 Å². The van der Waals surface area contributed by atoms with E-state index in [9.17, 15) is 13.2 Å². The quantitative estimate of drug-likeness (QED) is 0.416. The van der Waals surface area contributed by atoms with Gasteiger partial charge in [-0.2, -0.15) is 0 Å². The summed E-state index contributed by atoms with van der Waals surface area (Å²) < 4.78 is 39.0. The number of carbonyl (C=O) groups excluding carboxylic acids is 1. The van der Waals surface area contributed by atoms with Crippen molar-refractivity contribution in [1.82, 2.24) is 5.32 Å². The Bertz CT molecular complexity index is 1200. The minimum atomic E-state index is -3.96. The van der Waals surface area contributed by atoms with Gasteiger partial charge >= 0.3 is 0 Å². The van der Waals surface area contributed by atoms with Gasteiger partial charge in [-0.15, -0.1) is 0 Å². The second-order valence-corrected chi connectivity index (χ2v) is 9.58. The number of amides is 1. The smallest absolute Gasteiger partial charge is 0.264 e. The highest BCUT2D eigenvalue weighted by molar-refractivity contribution is 7.92. The van der Waals surface area contributed by atoms with Crippen LogP contribution in [0.3, 0.4) is 0 Å². The van der Waals surface area contributed by atoms with E-state index < -0.39 is 15.9 Å². The first-order chi connectivity index (χ1) is 16.3. The van der Waals surface area contributed by atoms with Gasteiger partial charge in [-0.05, 0) is 74.4 Å². The lowest BCUT2D eigenvalue weighted by atomic mass is 10.1. The van der Waals surface area contributed by atoms with Crippen molar-refractivity contribution in [2.75, 3.05) is 30.6 Å². The second-order valence-electron chi connectivity index (χ2n) is 7.72.